The first-order valence-corrected chi connectivity index (χ1v) is 8.68. The zero-order valence-corrected chi connectivity index (χ0v) is 13.4. The van der Waals surface area contributed by atoms with Crippen LogP contribution < -0.4 is 10.6 Å². The summed E-state index contributed by atoms with van der Waals surface area (Å²) in [5.74, 6) is 0.0621. The molecule has 6 heteroatoms. The third kappa shape index (κ3) is 4.22. The van der Waals surface area contributed by atoms with E-state index >= 15 is 0 Å². The number of nitrogens with zero attached hydrogens (tertiary/aromatic N) is 1. The molecule has 118 valence electrons. The van der Waals surface area contributed by atoms with E-state index in [1.807, 2.05) is 18.7 Å². The van der Waals surface area contributed by atoms with Crippen molar-refractivity contribution in [1.82, 2.24) is 4.98 Å². The monoisotopic (exact) mass is 315 g/mol. The molecule has 2 unspecified atom stereocenters. The highest BCUT2D eigenvalue weighted by atomic mass is 32.2. The quantitative estimate of drug-likeness (QED) is 0.788. The van der Waals surface area contributed by atoms with Gasteiger partial charge in [-0.05, 0) is 25.0 Å². The van der Waals surface area contributed by atoms with Crippen molar-refractivity contribution in [1.29, 1.82) is 0 Å². The zero-order valence-electron chi connectivity index (χ0n) is 12.6. The first-order chi connectivity index (χ1) is 10.2. The first kappa shape index (κ1) is 16.3. The van der Waals surface area contributed by atoms with Gasteiger partial charge in [0.1, 0.15) is 0 Å². The summed E-state index contributed by atoms with van der Waals surface area (Å²) in [5, 5.41) is 6.55. The van der Waals surface area contributed by atoms with Crippen molar-refractivity contribution in [2.24, 2.45) is 0 Å². The molecule has 2 rings (SSSR count). The summed E-state index contributed by atoms with van der Waals surface area (Å²) in [6, 6.07) is 1.12. The molecular formula is C15H23F2N3S. The summed E-state index contributed by atoms with van der Waals surface area (Å²) in [7, 11) is 0. The Morgan fingerprint density at radius 2 is 2.00 bits per heavy atom. The Morgan fingerprint density at radius 1 is 1.24 bits per heavy atom. The highest BCUT2D eigenvalue weighted by Gasteiger charge is 2.28. The Hall–Kier alpha value is -1.04. The highest BCUT2D eigenvalue weighted by molar-refractivity contribution is 7.99. The van der Waals surface area contributed by atoms with Crippen molar-refractivity contribution in [2.45, 2.75) is 50.8 Å². The van der Waals surface area contributed by atoms with Gasteiger partial charge in [0, 0.05) is 23.9 Å². The summed E-state index contributed by atoms with van der Waals surface area (Å²) >= 11 is 1.89. The number of halogens is 2. The molecule has 1 aliphatic rings. The molecule has 0 radical (unpaired) electrons. The Balaban J connectivity index is 2.11. The number of hydrogen-bond acceptors (Lipinski definition) is 4. The fraction of sp³-hybridized carbons (Fsp3) is 0.667. The number of anilines is 2. The molecule has 1 fully saturated rings. The zero-order chi connectivity index (χ0) is 15.2. The maximum Gasteiger partial charge on any atom is 0.168 e. The largest absolute Gasteiger partial charge is 0.368 e. The molecule has 1 aromatic rings. The molecule has 2 atom stereocenters. The van der Waals surface area contributed by atoms with E-state index in [2.05, 4.69) is 22.5 Å². The molecule has 0 aromatic carbocycles. The second kappa shape index (κ2) is 7.82. The van der Waals surface area contributed by atoms with Gasteiger partial charge < -0.3 is 10.6 Å². The molecular weight excluding hydrogens is 292 g/mol. The van der Waals surface area contributed by atoms with Gasteiger partial charge in [0.15, 0.2) is 23.3 Å². The molecule has 0 aliphatic heterocycles. The topological polar surface area (TPSA) is 37.0 Å². The van der Waals surface area contributed by atoms with Crippen molar-refractivity contribution >= 4 is 23.4 Å². The van der Waals surface area contributed by atoms with Crippen LogP contribution in [0.2, 0.25) is 0 Å². The lowest BCUT2D eigenvalue weighted by molar-refractivity contribution is 0.575. The van der Waals surface area contributed by atoms with Gasteiger partial charge in [0.25, 0.3) is 0 Å². The Bertz CT molecular complexity index is 470. The van der Waals surface area contributed by atoms with E-state index in [0.29, 0.717) is 11.8 Å². The molecule has 0 bridgehead atoms. The van der Waals surface area contributed by atoms with Crippen LogP contribution in [-0.4, -0.2) is 28.6 Å². The number of pyridine rings is 1. The molecule has 3 nitrogen and oxygen atoms in total. The maximum absolute atomic E-state index is 13.9. The minimum absolute atomic E-state index is 0.124. The molecule has 0 amide bonds. The molecule has 0 spiro atoms. The van der Waals surface area contributed by atoms with Gasteiger partial charge in [0.2, 0.25) is 0 Å². The second-order valence-electron chi connectivity index (χ2n) is 5.25. The SMILES string of the molecule is CCCNc1nc(NC2CCCC2SCC)c(F)cc1F. The van der Waals surface area contributed by atoms with Crippen LogP contribution in [0, 0.1) is 11.6 Å². The Kier molecular flexibility index (Phi) is 6.08. The van der Waals surface area contributed by atoms with Crippen molar-refractivity contribution in [3.8, 4) is 0 Å². The number of nitrogens with one attached hydrogen (secondary N) is 2. The van der Waals surface area contributed by atoms with Crippen LogP contribution in [0.25, 0.3) is 0 Å². The van der Waals surface area contributed by atoms with Crippen LogP contribution in [-0.2, 0) is 0 Å². The van der Waals surface area contributed by atoms with Crippen LogP contribution in [0.15, 0.2) is 6.07 Å². The van der Waals surface area contributed by atoms with Gasteiger partial charge in [0.05, 0.1) is 0 Å². The number of hydrogen-bond donors (Lipinski definition) is 2. The normalized spacial score (nSPS) is 21.5. The van der Waals surface area contributed by atoms with Crippen LogP contribution in [0.1, 0.15) is 39.5 Å². The fourth-order valence-corrected chi connectivity index (χ4v) is 3.81. The summed E-state index contributed by atoms with van der Waals surface area (Å²) < 4.78 is 27.6. The molecule has 1 aliphatic carbocycles. The molecule has 0 saturated heterocycles. The van der Waals surface area contributed by atoms with E-state index < -0.39 is 11.6 Å². The lowest BCUT2D eigenvalue weighted by Gasteiger charge is -2.21. The first-order valence-electron chi connectivity index (χ1n) is 7.63. The lowest BCUT2D eigenvalue weighted by Crippen LogP contribution is -2.27. The average Bonchev–Trinajstić information content (AvgIpc) is 2.88. The van der Waals surface area contributed by atoms with Crippen molar-refractivity contribution < 1.29 is 8.78 Å². The van der Waals surface area contributed by atoms with Crippen molar-refractivity contribution in [2.75, 3.05) is 22.9 Å². The molecule has 1 saturated carbocycles. The molecule has 1 heterocycles. The van der Waals surface area contributed by atoms with Crippen molar-refractivity contribution in [3.63, 3.8) is 0 Å². The van der Waals surface area contributed by atoms with Crippen LogP contribution in [0.4, 0.5) is 20.4 Å². The van der Waals surface area contributed by atoms with Crippen LogP contribution >= 0.6 is 11.8 Å². The summed E-state index contributed by atoms with van der Waals surface area (Å²) in [6.07, 6.45) is 4.14. The lowest BCUT2D eigenvalue weighted by atomic mass is 10.2. The fourth-order valence-electron chi connectivity index (χ4n) is 2.62. The van der Waals surface area contributed by atoms with Crippen LogP contribution in [0.5, 0.6) is 0 Å². The Morgan fingerprint density at radius 3 is 2.71 bits per heavy atom. The highest BCUT2D eigenvalue weighted by Crippen LogP contribution is 2.32. The maximum atomic E-state index is 13.9. The van der Waals surface area contributed by atoms with E-state index in [4.69, 9.17) is 0 Å². The van der Waals surface area contributed by atoms with E-state index in [1.54, 1.807) is 0 Å². The smallest absolute Gasteiger partial charge is 0.168 e. The average molecular weight is 315 g/mol. The van der Waals surface area contributed by atoms with Gasteiger partial charge in [-0.1, -0.05) is 20.3 Å². The van der Waals surface area contributed by atoms with E-state index in [0.717, 1.165) is 37.5 Å². The summed E-state index contributed by atoms with van der Waals surface area (Å²) in [4.78, 5) is 4.09. The van der Waals surface area contributed by atoms with Gasteiger partial charge in [-0.2, -0.15) is 11.8 Å². The Labute approximate surface area is 129 Å². The summed E-state index contributed by atoms with van der Waals surface area (Å²) in [5.41, 5.74) is 0. The van der Waals surface area contributed by atoms with Crippen molar-refractivity contribution in [3.05, 3.63) is 17.7 Å². The molecule has 1 aromatic heterocycles. The third-order valence-electron chi connectivity index (χ3n) is 3.63. The number of thioether (sulfide) groups is 1. The van der Waals surface area contributed by atoms with Gasteiger partial charge in [-0.15, -0.1) is 0 Å². The van der Waals surface area contributed by atoms with E-state index in [1.165, 1.54) is 0 Å². The predicted octanol–water partition coefficient (Wildman–Crippen LogP) is 4.27. The minimum Gasteiger partial charge on any atom is -0.368 e. The third-order valence-corrected chi connectivity index (χ3v) is 4.95. The summed E-state index contributed by atoms with van der Waals surface area (Å²) in [6.45, 7) is 4.73. The van der Waals surface area contributed by atoms with E-state index in [9.17, 15) is 8.78 Å². The number of aromatic nitrogens is 1. The molecule has 21 heavy (non-hydrogen) atoms. The predicted molar refractivity (Wildman–Crippen MR) is 86.1 cm³/mol. The number of rotatable bonds is 7. The molecule has 2 N–H and O–H groups in total. The van der Waals surface area contributed by atoms with Gasteiger partial charge in [-0.3, -0.25) is 0 Å². The van der Waals surface area contributed by atoms with Crippen LogP contribution in [0.3, 0.4) is 0 Å². The van der Waals surface area contributed by atoms with E-state index in [-0.39, 0.29) is 17.7 Å². The standard InChI is InChI=1S/C15H23F2N3S/c1-3-8-18-14-10(16)9-11(17)15(20-14)19-12-6-5-7-13(12)21-4-2/h9,12-13H,3-8H2,1-2H3,(H2,18,19,20). The van der Waals surface area contributed by atoms with Gasteiger partial charge >= 0.3 is 0 Å². The van der Waals surface area contributed by atoms with Gasteiger partial charge in [-0.25, -0.2) is 13.8 Å². The second-order valence-corrected chi connectivity index (χ2v) is 6.77. The minimum atomic E-state index is -0.641.